The van der Waals surface area contributed by atoms with Crippen molar-refractivity contribution in [2.24, 2.45) is 68.3 Å². The summed E-state index contributed by atoms with van der Waals surface area (Å²) in [5.74, 6) is 0.650. The summed E-state index contributed by atoms with van der Waals surface area (Å²) in [7, 11) is 0. The number of hydrogen-bond acceptors (Lipinski definition) is 10. The summed E-state index contributed by atoms with van der Waals surface area (Å²) in [4.78, 5) is 12.2. The molecule has 0 aromatic rings. The third kappa shape index (κ3) is 4.45. The predicted molar refractivity (Wildman–Crippen MR) is 186 cm³/mol. The minimum absolute atomic E-state index is 0.0266. The van der Waals surface area contributed by atoms with Gasteiger partial charge in [-0.1, -0.05) is 48.5 Å². The molecule has 2 heterocycles. The fourth-order valence-electron chi connectivity index (χ4n) is 15.2. The van der Waals surface area contributed by atoms with Crippen molar-refractivity contribution in [2.45, 2.75) is 168 Å². The molecule has 18 unspecified atom stereocenters. The van der Waals surface area contributed by atoms with Crippen LogP contribution in [0.25, 0.3) is 0 Å². The van der Waals surface area contributed by atoms with Crippen molar-refractivity contribution in [2.75, 3.05) is 13.2 Å². The van der Waals surface area contributed by atoms with Gasteiger partial charge < -0.3 is 45.1 Å². The van der Waals surface area contributed by atoms with E-state index in [4.69, 9.17) is 24.7 Å². The van der Waals surface area contributed by atoms with Crippen molar-refractivity contribution in [3.63, 3.8) is 0 Å². The van der Waals surface area contributed by atoms with Gasteiger partial charge in [-0.25, -0.2) is 0 Å². The fraction of sp³-hybridized carbons (Fsp3) is 0.975. The molecule has 7 rings (SSSR count). The second-order valence-corrected chi connectivity index (χ2v) is 19.9. The molecular formula is C40H67NO9. The summed E-state index contributed by atoms with van der Waals surface area (Å²) < 4.78 is 25.4. The van der Waals surface area contributed by atoms with Gasteiger partial charge in [0.05, 0.1) is 36.6 Å². The number of ether oxygens (including phenoxy) is 4. The van der Waals surface area contributed by atoms with Crippen molar-refractivity contribution in [1.82, 2.24) is 0 Å². The summed E-state index contributed by atoms with van der Waals surface area (Å²) >= 11 is 0. The zero-order valence-electron chi connectivity index (χ0n) is 32.3. The van der Waals surface area contributed by atoms with Crippen LogP contribution in [0.1, 0.15) is 114 Å². The van der Waals surface area contributed by atoms with Crippen LogP contribution in [-0.2, 0) is 23.7 Å². The van der Waals surface area contributed by atoms with Gasteiger partial charge in [-0.05, 0) is 110 Å². The van der Waals surface area contributed by atoms with Gasteiger partial charge in [0.1, 0.15) is 11.7 Å². The standard InChI is InChI=1S/C40H67NO9/c1-20-17-25(31(35(7,8)45)48-23(4)42)49-32-29(20)36(9)15-16-39-22(3)38(39)14-13-28(50-33-21(2)30(44)24(43)18-47-33)34(5,6)26(38)11-12-27(39)37(36,10)40(32,46)19-41/h20-22,24-33,43-46H,11-19,41H2,1-10H3. The van der Waals surface area contributed by atoms with Crippen molar-refractivity contribution in [1.29, 1.82) is 0 Å². The molecule has 0 radical (unpaired) electrons. The molecule has 5 aliphatic carbocycles. The van der Waals surface area contributed by atoms with Gasteiger partial charge in [-0.2, -0.15) is 0 Å². The van der Waals surface area contributed by atoms with Crippen LogP contribution < -0.4 is 5.73 Å². The van der Waals surface area contributed by atoms with E-state index in [2.05, 4.69) is 41.5 Å². The lowest BCUT2D eigenvalue weighted by molar-refractivity contribution is -0.288. The average molecular weight is 706 g/mol. The quantitative estimate of drug-likeness (QED) is 0.200. The normalized spacial score (nSPS) is 55.8. The van der Waals surface area contributed by atoms with E-state index in [1.807, 2.05) is 6.92 Å². The summed E-state index contributed by atoms with van der Waals surface area (Å²) in [5, 5.41) is 45.1. The molecule has 10 nitrogen and oxygen atoms in total. The Morgan fingerprint density at radius 3 is 2.26 bits per heavy atom. The minimum atomic E-state index is -1.32. The van der Waals surface area contributed by atoms with E-state index in [0.717, 1.165) is 38.5 Å². The van der Waals surface area contributed by atoms with Gasteiger partial charge in [0.15, 0.2) is 12.4 Å². The second kappa shape index (κ2) is 11.6. The maximum absolute atomic E-state index is 13.3. The summed E-state index contributed by atoms with van der Waals surface area (Å²) in [6.07, 6.45) is 2.44. The molecule has 10 heteroatoms. The SMILES string of the molecule is CC(=O)OC(C1CC(C)C2C(O1)C(O)(CN)C1(C)C3CCC4C(C)(C)C(OC5OCC(O)C(O)C5C)CCC45C(C)C35CCC21C)C(C)(C)O. The molecule has 0 aromatic heterocycles. The molecular weight excluding hydrogens is 638 g/mol. The Morgan fingerprint density at radius 1 is 1.00 bits per heavy atom. The number of carbonyl (C=O) groups excluding carboxylic acids is 1. The lowest BCUT2D eigenvalue weighted by atomic mass is 9.40. The monoisotopic (exact) mass is 705 g/mol. The predicted octanol–water partition coefficient (Wildman–Crippen LogP) is 4.18. The average Bonchev–Trinajstić information content (AvgIpc) is 3.51. The molecule has 0 aromatic carbocycles. The number of aliphatic hydroxyl groups excluding tert-OH is 2. The number of esters is 1. The molecule has 50 heavy (non-hydrogen) atoms. The van der Waals surface area contributed by atoms with E-state index in [0.29, 0.717) is 18.3 Å². The molecule has 2 aliphatic heterocycles. The topological polar surface area (TPSA) is 161 Å². The maximum atomic E-state index is 13.3. The Balaban J connectivity index is 1.21. The van der Waals surface area contributed by atoms with E-state index in [1.54, 1.807) is 13.8 Å². The number of nitrogens with two attached hydrogens (primary N) is 1. The maximum Gasteiger partial charge on any atom is 0.303 e. The molecule has 2 saturated heterocycles. The third-order valence-corrected chi connectivity index (χ3v) is 17.5. The number of aliphatic hydroxyl groups is 4. The van der Waals surface area contributed by atoms with Crippen molar-refractivity contribution in [3.05, 3.63) is 0 Å². The highest BCUT2D eigenvalue weighted by Crippen LogP contribution is 2.92. The minimum Gasteiger partial charge on any atom is -0.457 e. The molecule has 18 atom stereocenters. The summed E-state index contributed by atoms with van der Waals surface area (Å²) in [6.45, 7) is 20.9. The number of hydrogen-bond donors (Lipinski definition) is 5. The molecule has 7 aliphatic rings. The van der Waals surface area contributed by atoms with Crippen LogP contribution in [0.4, 0.5) is 0 Å². The first-order chi connectivity index (χ1) is 23.1. The van der Waals surface area contributed by atoms with Gasteiger partial charge in [0, 0.05) is 24.8 Å². The van der Waals surface area contributed by atoms with Gasteiger partial charge in [0.25, 0.3) is 0 Å². The first-order valence-electron chi connectivity index (χ1n) is 19.7. The zero-order chi connectivity index (χ0) is 36.8. The molecule has 2 spiro atoms. The van der Waals surface area contributed by atoms with Crippen LogP contribution in [0.3, 0.4) is 0 Å². The Labute approximate surface area is 299 Å². The van der Waals surface area contributed by atoms with Gasteiger partial charge in [0.2, 0.25) is 0 Å². The number of fused-ring (bicyclic) bond motifs is 4. The van der Waals surface area contributed by atoms with E-state index in [9.17, 15) is 25.2 Å². The fourth-order valence-corrected chi connectivity index (χ4v) is 15.2. The second-order valence-electron chi connectivity index (χ2n) is 19.9. The van der Waals surface area contributed by atoms with E-state index in [1.165, 1.54) is 6.92 Å². The molecule has 5 saturated carbocycles. The Morgan fingerprint density at radius 2 is 1.64 bits per heavy atom. The van der Waals surface area contributed by atoms with E-state index < -0.39 is 59.4 Å². The highest BCUT2D eigenvalue weighted by molar-refractivity contribution is 5.66. The molecule has 6 N–H and O–H groups in total. The Bertz CT molecular complexity index is 1350. The summed E-state index contributed by atoms with van der Waals surface area (Å²) in [6, 6.07) is 0. The van der Waals surface area contributed by atoms with Gasteiger partial charge >= 0.3 is 5.97 Å². The number of rotatable bonds is 6. The first-order valence-corrected chi connectivity index (χ1v) is 19.7. The number of carbonyl (C=O) groups is 1. The van der Waals surface area contributed by atoms with Crippen LogP contribution >= 0.6 is 0 Å². The lowest BCUT2D eigenvalue weighted by Gasteiger charge is -2.65. The van der Waals surface area contributed by atoms with Crippen LogP contribution in [0.2, 0.25) is 0 Å². The van der Waals surface area contributed by atoms with Crippen molar-refractivity contribution >= 4 is 5.97 Å². The van der Waals surface area contributed by atoms with Gasteiger partial charge in [-0.15, -0.1) is 0 Å². The molecule has 0 bridgehead atoms. The molecule has 7 fully saturated rings. The van der Waals surface area contributed by atoms with Crippen LogP contribution in [-0.4, -0.2) is 93.7 Å². The van der Waals surface area contributed by atoms with Gasteiger partial charge in [-0.3, -0.25) is 4.79 Å². The molecule has 0 amide bonds. The smallest absolute Gasteiger partial charge is 0.303 e. The zero-order valence-corrected chi connectivity index (χ0v) is 32.3. The Hall–Kier alpha value is -0.850. The molecule has 286 valence electrons. The largest absolute Gasteiger partial charge is 0.457 e. The highest BCUT2D eigenvalue weighted by atomic mass is 16.7. The van der Waals surface area contributed by atoms with E-state index in [-0.39, 0.29) is 64.6 Å². The lowest BCUT2D eigenvalue weighted by Crippen LogP contribution is -2.66. The van der Waals surface area contributed by atoms with Crippen LogP contribution in [0.5, 0.6) is 0 Å². The third-order valence-electron chi connectivity index (χ3n) is 17.5. The van der Waals surface area contributed by atoms with Crippen molar-refractivity contribution in [3.8, 4) is 0 Å². The summed E-state index contributed by atoms with van der Waals surface area (Å²) in [5.41, 5.74) is 3.48. The highest BCUT2D eigenvalue weighted by Gasteiger charge is 2.89. The van der Waals surface area contributed by atoms with E-state index >= 15 is 0 Å². The first kappa shape index (κ1) is 37.5. The van der Waals surface area contributed by atoms with Crippen LogP contribution in [0.15, 0.2) is 0 Å². The Kier molecular flexibility index (Phi) is 8.68. The van der Waals surface area contributed by atoms with Crippen molar-refractivity contribution < 1.29 is 44.2 Å². The van der Waals surface area contributed by atoms with Crippen LogP contribution in [0, 0.1) is 62.6 Å².